The van der Waals surface area contributed by atoms with Gasteiger partial charge in [0, 0.05) is 32.2 Å². The van der Waals surface area contributed by atoms with Crippen molar-refractivity contribution in [3.8, 4) is 0 Å². The first-order valence-corrected chi connectivity index (χ1v) is 8.28. The molecule has 4 heteroatoms. The summed E-state index contributed by atoms with van der Waals surface area (Å²) in [4.78, 5) is 14.4. The Bertz CT molecular complexity index is 301. The van der Waals surface area contributed by atoms with Gasteiger partial charge in [0.2, 0.25) is 5.91 Å². The van der Waals surface area contributed by atoms with E-state index in [9.17, 15) is 4.79 Å². The van der Waals surface area contributed by atoms with Crippen LogP contribution in [-0.2, 0) is 9.53 Å². The third-order valence-electron chi connectivity index (χ3n) is 4.39. The first-order valence-electron chi connectivity index (χ1n) is 8.28. The van der Waals surface area contributed by atoms with Gasteiger partial charge < -0.3 is 15.0 Å². The maximum atomic E-state index is 12.3. The van der Waals surface area contributed by atoms with E-state index >= 15 is 0 Å². The Hall–Kier alpha value is -0.610. The highest BCUT2D eigenvalue weighted by molar-refractivity contribution is 5.76. The van der Waals surface area contributed by atoms with Crippen LogP contribution in [-0.4, -0.2) is 49.2 Å². The van der Waals surface area contributed by atoms with Crippen LogP contribution in [0, 0.1) is 5.92 Å². The molecule has 1 N–H and O–H groups in total. The molecule has 0 saturated carbocycles. The number of rotatable bonds is 6. The topological polar surface area (TPSA) is 41.6 Å². The number of ether oxygens (including phenoxy) is 1. The van der Waals surface area contributed by atoms with Gasteiger partial charge in [-0.2, -0.15) is 0 Å². The molecule has 1 amide bonds. The fourth-order valence-electron chi connectivity index (χ4n) is 3.18. The van der Waals surface area contributed by atoms with Gasteiger partial charge >= 0.3 is 0 Å². The third kappa shape index (κ3) is 5.06. The molecular weight excluding hydrogens is 252 g/mol. The molecule has 2 aliphatic heterocycles. The van der Waals surface area contributed by atoms with Gasteiger partial charge in [-0.1, -0.05) is 13.8 Å². The summed E-state index contributed by atoms with van der Waals surface area (Å²) in [6.07, 6.45) is 6.59. The molecule has 0 aromatic carbocycles. The van der Waals surface area contributed by atoms with Gasteiger partial charge in [0.1, 0.15) is 0 Å². The number of amides is 1. The molecule has 2 aliphatic rings. The number of carbonyl (C=O) groups is 1. The molecule has 2 saturated heterocycles. The zero-order valence-corrected chi connectivity index (χ0v) is 13.1. The Kier molecular flexibility index (Phi) is 6.30. The van der Waals surface area contributed by atoms with Crippen molar-refractivity contribution in [1.82, 2.24) is 10.2 Å². The smallest absolute Gasteiger partial charge is 0.222 e. The average molecular weight is 282 g/mol. The van der Waals surface area contributed by atoms with Gasteiger partial charge in [0.05, 0.1) is 6.10 Å². The fourth-order valence-corrected chi connectivity index (χ4v) is 3.18. The minimum atomic E-state index is 0.328. The van der Waals surface area contributed by atoms with Crippen LogP contribution in [0.2, 0.25) is 0 Å². The van der Waals surface area contributed by atoms with Gasteiger partial charge in [-0.05, 0) is 44.6 Å². The van der Waals surface area contributed by atoms with Crippen LogP contribution < -0.4 is 5.32 Å². The van der Waals surface area contributed by atoms with E-state index in [4.69, 9.17) is 4.74 Å². The van der Waals surface area contributed by atoms with Crippen LogP contribution in [0.1, 0.15) is 52.4 Å². The van der Waals surface area contributed by atoms with Crippen LogP contribution in [0.15, 0.2) is 0 Å². The van der Waals surface area contributed by atoms with E-state index in [1.54, 1.807) is 0 Å². The van der Waals surface area contributed by atoms with Crippen molar-refractivity contribution in [3.05, 3.63) is 0 Å². The molecule has 0 aromatic heterocycles. The van der Waals surface area contributed by atoms with E-state index in [2.05, 4.69) is 24.1 Å². The van der Waals surface area contributed by atoms with Gasteiger partial charge in [-0.25, -0.2) is 0 Å². The molecular formula is C16H30N2O2. The summed E-state index contributed by atoms with van der Waals surface area (Å²) in [7, 11) is 0. The molecule has 116 valence electrons. The first kappa shape index (κ1) is 15.8. The van der Waals surface area contributed by atoms with Gasteiger partial charge in [-0.3, -0.25) is 4.79 Å². The van der Waals surface area contributed by atoms with E-state index in [0.717, 1.165) is 51.9 Å². The van der Waals surface area contributed by atoms with Crippen LogP contribution in [0.5, 0.6) is 0 Å². The van der Waals surface area contributed by atoms with Gasteiger partial charge in [0.15, 0.2) is 0 Å². The molecule has 2 heterocycles. The second kappa shape index (κ2) is 7.99. The standard InChI is InChI=1S/C16H30N2O2/c1-13(2)17-11-14-5-3-9-18(12-14)16(19)8-7-15-6-4-10-20-15/h13-15,17H,3-12H2,1-2H3. The quantitative estimate of drug-likeness (QED) is 0.812. The predicted octanol–water partition coefficient (Wildman–Crippen LogP) is 2.18. The normalized spacial score (nSPS) is 27.2. The molecule has 20 heavy (non-hydrogen) atoms. The number of hydrogen-bond donors (Lipinski definition) is 1. The lowest BCUT2D eigenvalue weighted by Gasteiger charge is -2.33. The summed E-state index contributed by atoms with van der Waals surface area (Å²) >= 11 is 0. The van der Waals surface area contributed by atoms with E-state index in [1.807, 2.05) is 0 Å². The monoisotopic (exact) mass is 282 g/mol. The second-order valence-corrected chi connectivity index (χ2v) is 6.58. The molecule has 2 unspecified atom stereocenters. The number of piperidine rings is 1. The highest BCUT2D eigenvalue weighted by Gasteiger charge is 2.24. The number of nitrogens with zero attached hydrogens (tertiary/aromatic N) is 1. The highest BCUT2D eigenvalue weighted by Crippen LogP contribution is 2.20. The maximum absolute atomic E-state index is 12.3. The van der Waals surface area contributed by atoms with E-state index in [-0.39, 0.29) is 0 Å². The third-order valence-corrected chi connectivity index (χ3v) is 4.39. The van der Waals surface area contributed by atoms with Crippen molar-refractivity contribution >= 4 is 5.91 Å². The lowest BCUT2D eigenvalue weighted by Crippen LogP contribution is -2.43. The van der Waals surface area contributed by atoms with Crippen molar-refractivity contribution < 1.29 is 9.53 Å². The lowest BCUT2D eigenvalue weighted by molar-refractivity contribution is -0.133. The molecule has 4 nitrogen and oxygen atoms in total. The summed E-state index contributed by atoms with van der Waals surface area (Å²) < 4.78 is 5.60. The van der Waals surface area contributed by atoms with Crippen molar-refractivity contribution in [1.29, 1.82) is 0 Å². The predicted molar refractivity (Wildman–Crippen MR) is 80.7 cm³/mol. The molecule has 2 fully saturated rings. The lowest BCUT2D eigenvalue weighted by atomic mass is 9.97. The number of likely N-dealkylation sites (tertiary alicyclic amines) is 1. The molecule has 0 spiro atoms. The van der Waals surface area contributed by atoms with Crippen LogP contribution >= 0.6 is 0 Å². The van der Waals surface area contributed by atoms with Crippen molar-refractivity contribution in [2.24, 2.45) is 5.92 Å². The summed E-state index contributed by atoms with van der Waals surface area (Å²) in [5.41, 5.74) is 0. The Morgan fingerprint density at radius 2 is 2.20 bits per heavy atom. The maximum Gasteiger partial charge on any atom is 0.222 e. The number of carbonyl (C=O) groups excluding carboxylic acids is 1. The number of nitrogens with one attached hydrogen (secondary N) is 1. The van der Waals surface area contributed by atoms with E-state index in [0.29, 0.717) is 30.4 Å². The van der Waals surface area contributed by atoms with Crippen LogP contribution in [0.4, 0.5) is 0 Å². The minimum absolute atomic E-state index is 0.328. The van der Waals surface area contributed by atoms with E-state index in [1.165, 1.54) is 6.42 Å². The minimum Gasteiger partial charge on any atom is -0.378 e. The summed E-state index contributed by atoms with van der Waals surface area (Å²) in [6.45, 7) is 8.14. The van der Waals surface area contributed by atoms with Crippen molar-refractivity contribution in [2.45, 2.75) is 64.5 Å². The zero-order chi connectivity index (χ0) is 14.4. The average Bonchev–Trinajstić information content (AvgIpc) is 2.96. The number of hydrogen-bond acceptors (Lipinski definition) is 3. The van der Waals surface area contributed by atoms with Gasteiger partial charge in [-0.15, -0.1) is 0 Å². The Morgan fingerprint density at radius 3 is 2.90 bits per heavy atom. The zero-order valence-electron chi connectivity index (χ0n) is 13.1. The largest absolute Gasteiger partial charge is 0.378 e. The van der Waals surface area contributed by atoms with Crippen LogP contribution in [0.3, 0.4) is 0 Å². The van der Waals surface area contributed by atoms with Crippen molar-refractivity contribution in [3.63, 3.8) is 0 Å². The molecule has 0 aliphatic carbocycles. The van der Waals surface area contributed by atoms with Crippen molar-refractivity contribution in [2.75, 3.05) is 26.2 Å². The molecule has 0 aromatic rings. The summed E-state index contributed by atoms with van der Waals surface area (Å²) in [5.74, 6) is 0.951. The van der Waals surface area contributed by atoms with Crippen LogP contribution in [0.25, 0.3) is 0 Å². The molecule has 0 bridgehead atoms. The first-order chi connectivity index (χ1) is 9.65. The Labute approximate surface area is 123 Å². The Balaban J connectivity index is 1.68. The second-order valence-electron chi connectivity index (χ2n) is 6.58. The van der Waals surface area contributed by atoms with Gasteiger partial charge in [0.25, 0.3) is 0 Å². The van der Waals surface area contributed by atoms with E-state index < -0.39 is 0 Å². The highest BCUT2D eigenvalue weighted by atomic mass is 16.5. The Morgan fingerprint density at radius 1 is 1.35 bits per heavy atom. The summed E-state index contributed by atoms with van der Waals surface area (Å²) in [6, 6.07) is 0.528. The molecule has 0 radical (unpaired) electrons. The molecule has 2 rings (SSSR count). The molecule has 2 atom stereocenters. The summed E-state index contributed by atoms with van der Waals surface area (Å²) in [5, 5.41) is 3.49. The SMILES string of the molecule is CC(C)NCC1CCCN(C(=O)CCC2CCCO2)C1. The fraction of sp³-hybridized carbons (Fsp3) is 0.938.